The number of fused-ring (bicyclic) bond motifs is 5. The predicted molar refractivity (Wildman–Crippen MR) is 74.0 cm³/mol. The van der Waals surface area contributed by atoms with E-state index in [4.69, 9.17) is 9.68 Å². The first-order valence-electron chi connectivity index (χ1n) is 6.44. The summed E-state index contributed by atoms with van der Waals surface area (Å²) >= 11 is 0. The van der Waals surface area contributed by atoms with E-state index in [0.717, 1.165) is 16.8 Å². The van der Waals surface area contributed by atoms with Crippen LogP contribution in [0.5, 0.6) is 0 Å². The average Bonchev–Trinajstić information content (AvgIpc) is 2.99. The zero-order chi connectivity index (χ0) is 15.5. The summed E-state index contributed by atoms with van der Waals surface area (Å²) < 4.78 is 46.3. The molecule has 0 fully saturated rings. The fourth-order valence-corrected chi connectivity index (χ4v) is 2.68. The van der Waals surface area contributed by atoms with Crippen molar-refractivity contribution in [2.75, 3.05) is 0 Å². The van der Waals surface area contributed by atoms with E-state index < -0.39 is 17.3 Å². The minimum Gasteiger partial charge on any atom is -0.422 e. The Morgan fingerprint density at radius 1 is 1.00 bits per heavy atom. The van der Waals surface area contributed by atoms with Crippen molar-refractivity contribution < 1.29 is 17.6 Å². The predicted octanol–water partition coefficient (Wildman–Crippen LogP) is 4.70. The van der Waals surface area contributed by atoms with Crippen LogP contribution in [0.3, 0.4) is 0 Å². The number of benzene rings is 2. The number of aromatic nitrogens is 1. The zero-order valence-electron chi connectivity index (χ0n) is 11.0. The third kappa shape index (κ3) is 1.56. The summed E-state index contributed by atoms with van der Waals surface area (Å²) in [7, 11) is 0. The van der Waals surface area contributed by atoms with Gasteiger partial charge in [0.05, 0.1) is 22.9 Å². The molecule has 3 nitrogen and oxygen atoms in total. The molecule has 2 heterocycles. The second-order valence-electron chi connectivity index (χ2n) is 4.93. The van der Waals surface area contributed by atoms with Crippen molar-refractivity contribution in [2.45, 2.75) is 6.18 Å². The van der Waals surface area contributed by atoms with Crippen LogP contribution >= 0.6 is 0 Å². The number of hydrogen-bond acceptors (Lipinski definition) is 2. The Bertz CT molecular complexity index is 991. The standard InChI is InChI=1S/C16H7F3N2O/c17-16(18,19)13-7-10(6-5-9(13)8-20)21-14-11-3-1-2-4-12(11)15(21)22-14/h1-7H. The molecule has 2 bridgehead atoms. The summed E-state index contributed by atoms with van der Waals surface area (Å²) in [6, 6.07) is 12.6. The molecule has 2 aromatic heterocycles. The van der Waals surface area contributed by atoms with Crippen LogP contribution in [0.25, 0.3) is 27.9 Å². The van der Waals surface area contributed by atoms with Crippen LogP contribution in [0.4, 0.5) is 13.2 Å². The van der Waals surface area contributed by atoms with E-state index in [1.807, 2.05) is 24.3 Å². The molecule has 0 aliphatic heterocycles. The van der Waals surface area contributed by atoms with E-state index in [1.54, 1.807) is 10.6 Å². The van der Waals surface area contributed by atoms with Crippen LogP contribution < -0.4 is 0 Å². The summed E-state index contributed by atoms with van der Waals surface area (Å²) in [5.74, 6) is 0. The molecule has 0 saturated carbocycles. The topological polar surface area (TPSA) is 41.9 Å². The second kappa shape index (κ2) is 4.04. The lowest BCUT2D eigenvalue weighted by Gasteiger charge is -2.14. The van der Waals surface area contributed by atoms with Gasteiger partial charge >= 0.3 is 6.18 Å². The van der Waals surface area contributed by atoms with Gasteiger partial charge in [0.2, 0.25) is 11.4 Å². The van der Waals surface area contributed by atoms with Crippen LogP contribution in [-0.2, 0) is 6.18 Å². The van der Waals surface area contributed by atoms with Crippen molar-refractivity contribution in [3.63, 3.8) is 0 Å². The Morgan fingerprint density at radius 3 is 2.18 bits per heavy atom. The van der Waals surface area contributed by atoms with Crippen molar-refractivity contribution in [3.8, 4) is 11.8 Å². The van der Waals surface area contributed by atoms with Crippen molar-refractivity contribution in [3.05, 3.63) is 53.6 Å². The summed E-state index contributed by atoms with van der Waals surface area (Å²) in [6.45, 7) is 0. The number of alkyl halides is 3. The van der Waals surface area contributed by atoms with Gasteiger partial charge in [0.25, 0.3) is 0 Å². The van der Waals surface area contributed by atoms with Gasteiger partial charge in [-0.1, -0.05) is 12.1 Å². The third-order valence-electron chi connectivity index (χ3n) is 3.67. The molecule has 0 unspecified atom stereocenters. The van der Waals surface area contributed by atoms with Crippen LogP contribution in [0.2, 0.25) is 0 Å². The lowest BCUT2D eigenvalue weighted by atomic mass is 10.1. The Kier molecular flexibility index (Phi) is 2.35. The first-order valence-corrected chi connectivity index (χ1v) is 6.44. The maximum absolute atomic E-state index is 13.1. The van der Waals surface area contributed by atoms with E-state index in [9.17, 15) is 13.2 Å². The molecule has 0 atom stereocenters. The van der Waals surface area contributed by atoms with Crippen molar-refractivity contribution in [1.82, 2.24) is 4.57 Å². The molecule has 0 amide bonds. The van der Waals surface area contributed by atoms with Gasteiger partial charge in [-0.25, -0.2) is 4.57 Å². The van der Waals surface area contributed by atoms with Crippen molar-refractivity contribution in [1.29, 1.82) is 5.26 Å². The Labute approximate surface area is 122 Å². The third-order valence-corrected chi connectivity index (χ3v) is 3.67. The Morgan fingerprint density at radius 2 is 1.64 bits per heavy atom. The van der Waals surface area contributed by atoms with Crippen molar-refractivity contribution in [2.24, 2.45) is 0 Å². The second-order valence-corrected chi connectivity index (χ2v) is 4.93. The van der Waals surface area contributed by atoms with E-state index >= 15 is 0 Å². The molecule has 0 spiro atoms. The fraction of sp³-hybridized carbons (Fsp3) is 0.0625. The molecule has 22 heavy (non-hydrogen) atoms. The molecule has 0 saturated heterocycles. The van der Waals surface area contributed by atoms with E-state index in [0.29, 0.717) is 17.1 Å². The number of halogens is 3. The van der Waals surface area contributed by atoms with Crippen LogP contribution in [0.15, 0.2) is 46.9 Å². The van der Waals surface area contributed by atoms with Crippen LogP contribution in [0, 0.1) is 11.3 Å². The average molecular weight is 300 g/mol. The number of furan rings is 1. The zero-order valence-corrected chi connectivity index (χ0v) is 11.0. The maximum Gasteiger partial charge on any atom is 0.417 e. The highest BCUT2D eigenvalue weighted by Crippen LogP contribution is 2.39. The SMILES string of the molecule is N#Cc1ccc(-n2c3oc2c2ccccc23)cc1C(F)(F)F. The van der Waals surface area contributed by atoms with Gasteiger partial charge in [-0.2, -0.15) is 18.4 Å². The molecular weight excluding hydrogens is 293 g/mol. The fourth-order valence-electron chi connectivity index (χ4n) is 2.68. The number of rotatable bonds is 1. The molecule has 0 radical (unpaired) electrons. The summed E-state index contributed by atoms with van der Waals surface area (Å²) in [5.41, 5.74) is 0.0345. The largest absolute Gasteiger partial charge is 0.422 e. The first-order chi connectivity index (χ1) is 10.5. The van der Waals surface area contributed by atoms with Gasteiger partial charge in [0.15, 0.2) is 0 Å². The van der Waals surface area contributed by atoms with E-state index in [2.05, 4.69) is 0 Å². The van der Waals surface area contributed by atoms with Gasteiger partial charge in [0.1, 0.15) is 0 Å². The summed E-state index contributed by atoms with van der Waals surface area (Å²) in [5, 5.41) is 10.6. The Hall–Kier alpha value is -2.94. The van der Waals surface area contributed by atoms with Gasteiger partial charge in [-0.15, -0.1) is 0 Å². The quantitative estimate of drug-likeness (QED) is 0.511. The maximum atomic E-state index is 13.1. The van der Waals surface area contributed by atoms with Crippen molar-refractivity contribution >= 4 is 22.2 Å². The molecule has 0 N–H and O–H groups in total. The molecular formula is C16H7F3N2O. The highest BCUT2D eigenvalue weighted by molar-refractivity contribution is 6.08. The highest BCUT2D eigenvalue weighted by atomic mass is 19.4. The molecule has 108 valence electrons. The molecule has 0 aliphatic rings. The number of hydrogen-bond donors (Lipinski definition) is 0. The van der Waals surface area contributed by atoms with E-state index in [1.165, 1.54) is 12.1 Å². The van der Waals surface area contributed by atoms with Gasteiger partial charge in [0, 0.05) is 10.8 Å². The van der Waals surface area contributed by atoms with Crippen LogP contribution in [0.1, 0.15) is 11.1 Å². The van der Waals surface area contributed by atoms with Crippen LogP contribution in [-0.4, -0.2) is 4.57 Å². The lowest BCUT2D eigenvalue weighted by Crippen LogP contribution is -2.09. The number of nitrogens with zero attached hydrogens (tertiary/aromatic N) is 2. The molecule has 6 heteroatoms. The minimum absolute atomic E-state index is 0.332. The van der Waals surface area contributed by atoms with Gasteiger partial charge < -0.3 is 4.42 Å². The molecule has 2 aromatic carbocycles. The summed E-state index contributed by atoms with van der Waals surface area (Å²) in [4.78, 5) is 0. The van der Waals surface area contributed by atoms with Gasteiger partial charge in [-0.3, -0.25) is 0 Å². The highest BCUT2D eigenvalue weighted by Gasteiger charge is 2.34. The normalized spacial score (nSPS) is 12.3. The monoisotopic (exact) mass is 300 g/mol. The molecule has 4 aromatic rings. The lowest BCUT2D eigenvalue weighted by molar-refractivity contribution is -0.137. The first kappa shape index (κ1) is 12.8. The number of nitriles is 1. The summed E-state index contributed by atoms with van der Waals surface area (Å²) in [6.07, 6.45) is -4.58. The molecule has 0 aliphatic carbocycles. The smallest absolute Gasteiger partial charge is 0.417 e. The molecule has 4 rings (SSSR count). The van der Waals surface area contributed by atoms with E-state index in [-0.39, 0.29) is 0 Å². The Balaban J connectivity index is 1.96. The van der Waals surface area contributed by atoms with Gasteiger partial charge in [-0.05, 0) is 30.3 Å². The minimum atomic E-state index is -4.58.